The van der Waals surface area contributed by atoms with Crippen molar-refractivity contribution in [3.05, 3.63) is 0 Å². The number of hydrogen-bond acceptors (Lipinski definition) is 5. The Morgan fingerprint density at radius 3 is 2.41 bits per heavy atom. The molecular weight excluding hydrogens is 224 g/mol. The average Bonchev–Trinajstić information content (AvgIpc) is 2.56. The zero-order valence-corrected chi connectivity index (χ0v) is 10.7. The average molecular weight is 244 g/mol. The van der Waals surface area contributed by atoms with Gasteiger partial charge in [-0.3, -0.25) is 4.90 Å². The Balaban J connectivity index is 2.73. The Labute approximate surface area is 101 Å². The number of rotatable bonds is 1. The summed E-state index contributed by atoms with van der Waals surface area (Å²) in [7, 11) is 1.29. The summed E-state index contributed by atoms with van der Waals surface area (Å²) in [6, 6.07) is -0.850. The monoisotopic (exact) mass is 244 g/mol. The fourth-order valence-electron chi connectivity index (χ4n) is 1.75. The van der Waals surface area contributed by atoms with Crippen LogP contribution in [0.1, 0.15) is 27.2 Å². The molecule has 2 atom stereocenters. The first-order chi connectivity index (χ1) is 7.74. The minimum Gasteiger partial charge on any atom is -0.467 e. The van der Waals surface area contributed by atoms with Crippen LogP contribution in [0.3, 0.4) is 0 Å². The molecule has 98 valence electrons. The van der Waals surface area contributed by atoms with E-state index in [0.717, 1.165) is 0 Å². The highest BCUT2D eigenvalue weighted by molar-refractivity contribution is 5.82. The number of hydrogen-bond donors (Lipinski definition) is 1. The number of nitrogens with zero attached hydrogens (tertiary/aromatic N) is 1. The third-order valence-electron chi connectivity index (χ3n) is 2.43. The molecule has 1 aliphatic heterocycles. The van der Waals surface area contributed by atoms with Crippen LogP contribution >= 0.6 is 0 Å². The zero-order chi connectivity index (χ0) is 13.2. The lowest BCUT2D eigenvalue weighted by molar-refractivity contribution is -0.145. The number of esters is 1. The van der Waals surface area contributed by atoms with E-state index < -0.39 is 23.7 Å². The molecular formula is C11H20N2O4. The largest absolute Gasteiger partial charge is 0.467 e. The van der Waals surface area contributed by atoms with Gasteiger partial charge in [-0.05, 0) is 27.2 Å². The Morgan fingerprint density at radius 2 is 1.94 bits per heavy atom. The number of likely N-dealkylation sites (tertiary alicyclic amines) is 1. The van der Waals surface area contributed by atoms with Gasteiger partial charge in [0.25, 0.3) is 0 Å². The predicted molar refractivity (Wildman–Crippen MR) is 61.3 cm³/mol. The van der Waals surface area contributed by atoms with Crippen molar-refractivity contribution in [1.82, 2.24) is 4.90 Å². The van der Waals surface area contributed by atoms with Crippen molar-refractivity contribution in [2.24, 2.45) is 5.73 Å². The third kappa shape index (κ3) is 3.59. The summed E-state index contributed by atoms with van der Waals surface area (Å²) in [5.74, 6) is -0.455. The molecule has 1 fully saturated rings. The van der Waals surface area contributed by atoms with Gasteiger partial charge in [0.1, 0.15) is 11.6 Å². The predicted octanol–water partition coefficient (Wildman–Crippen LogP) is 0.496. The maximum atomic E-state index is 11.9. The second-order valence-electron chi connectivity index (χ2n) is 5.17. The van der Waals surface area contributed by atoms with Gasteiger partial charge in [0.05, 0.1) is 7.11 Å². The molecule has 0 aromatic heterocycles. The van der Waals surface area contributed by atoms with E-state index in [9.17, 15) is 9.59 Å². The normalized spacial score (nSPS) is 24.6. The maximum absolute atomic E-state index is 11.9. The molecule has 2 N–H and O–H groups in total. The molecule has 1 rings (SSSR count). The van der Waals surface area contributed by atoms with Crippen molar-refractivity contribution in [3.8, 4) is 0 Å². The Hall–Kier alpha value is -1.30. The number of carbonyl (C=O) groups excluding carboxylic acids is 2. The molecule has 0 bridgehead atoms. The van der Waals surface area contributed by atoms with Crippen molar-refractivity contribution in [2.75, 3.05) is 13.7 Å². The number of methoxy groups -OCH3 is 1. The first kappa shape index (κ1) is 13.8. The van der Waals surface area contributed by atoms with Gasteiger partial charge in [0.15, 0.2) is 0 Å². The van der Waals surface area contributed by atoms with Crippen molar-refractivity contribution >= 4 is 12.1 Å². The molecule has 0 aromatic rings. The molecule has 2 unspecified atom stereocenters. The van der Waals surface area contributed by atoms with Crippen molar-refractivity contribution < 1.29 is 19.1 Å². The fourth-order valence-corrected chi connectivity index (χ4v) is 1.75. The number of amides is 1. The molecule has 0 aliphatic carbocycles. The van der Waals surface area contributed by atoms with Crippen LogP contribution in [0.15, 0.2) is 0 Å². The summed E-state index contributed by atoms with van der Waals surface area (Å²) < 4.78 is 9.87. The third-order valence-corrected chi connectivity index (χ3v) is 2.43. The van der Waals surface area contributed by atoms with Crippen LogP contribution in [-0.4, -0.2) is 48.3 Å². The van der Waals surface area contributed by atoms with Crippen LogP contribution in [0.2, 0.25) is 0 Å². The van der Waals surface area contributed by atoms with E-state index in [1.807, 2.05) is 0 Å². The second kappa shape index (κ2) is 4.91. The van der Waals surface area contributed by atoms with E-state index >= 15 is 0 Å². The summed E-state index contributed by atoms with van der Waals surface area (Å²) in [6.07, 6.45) is -0.118. The standard InChI is InChI=1S/C11H20N2O4/c1-11(2,3)17-10(15)13-6-7(12)5-8(13)9(14)16-4/h7-8H,5-6,12H2,1-4H3. The molecule has 6 heteroatoms. The molecule has 0 aromatic carbocycles. The van der Waals surface area contributed by atoms with Gasteiger partial charge in [-0.25, -0.2) is 9.59 Å². The lowest BCUT2D eigenvalue weighted by Gasteiger charge is -2.27. The number of carbonyl (C=O) groups is 2. The SMILES string of the molecule is COC(=O)C1CC(N)CN1C(=O)OC(C)(C)C. The van der Waals surface area contributed by atoms with E-state index in [1.54, 1.807) is 20.8 Å². The first-order valence-electron chi connectivity index (χ1n) is 5.57. The molecule has 0 spiro atoms. The Bertz CT molecular complexity index is 311. The smallest absolute Gasteiger partial charge is 0.411 e. The van der Waals surface area contributed by atoms with E-state index in [0.29, 0.717) is 13.0 Å². The van der Waals surface area contributed by atoms with E-state index in [1.165, 1.54) is 12.0 Å². The minimum atomic E-state index is -0.634. The van der Waals surface area contributed by atoms with Gasteiger partial charge in [-0.2, -0.15) is 0 Å². The Morgan fingerprint density at radius 1 is 1.35 bits per heavy atom. The highest BCUT2D eigenvalue weighted by atomic mass is 16.6. The topological polar surface area (TPSA) is 81.9 Å². The lowest BCUT2D eigenvalue weighted by atomic mass is 10.2. The summed E-state index contributed by atoms with van der Waals surface area (Å²) in [5.41, 5.74) is 5.16. The Kier molecular flexibility index (Phi) is 3.98. The van der Waals surface area contributed by atoms with E-state index in [4.69, 9.17) is 10.5 Å². The molecule has 0 saturated carbocycles. The molecule has 1 heterocycles. The molecule has 1 aliphatic rings. The van der Waals surface area contributed by atoms with Crippen LogP contribution in [0.5, 0.6) is 0 Å². The highest BCUT2D eigenvalue weighted by Crippen LogP contribution is 2.21. The van der Waals surface area contributed by atoms with E-state index in [2.05, 4.69) is 4.74 Å². The summed E-state index contributed by atoms with van der Waals surface area (Å²) in [4.78, 5) is 24.7. The lowest BCUT2D eigenvalue weighted by Crippen LogP contribution is -2.44. The molecule has 1 saturated heterocycles. The van der Waals surface area contributed by atoms with Gasteiger partial charge >= 0.3 is 12.1 Å². The second-order valence-corrected chi connectivity index (χ2v) is 5.17. The van der Waals surface area contributed by atoms with Crippen LogP contribution in [0, 0.1) is 0 Å². The molecule has 1 amide bonds. The van der Waals surface area contributed by atoms with Crippen molar-refractivity contribution in [1.29, 1.82) is 0 Å². The fraction of sp³-hybridized carbons (Fsp3) is 0.818. The quantitative estimate of drug-likeness (QED) is 0.679. The summed E-state index contributed by atoms with van der Waals surface area (Å²) >= 11 is 0. The van der Waals surface area contributed by atoms with E-state index in [-0.39, 0.29) is 6.04 Å². The summed E-state index contributed by atoms with van der Waals surface area (Å²) in [5, 5.41) is 0. The van der Waals surface area contributed by atoms with Crippen LogP contribution in [0.4, 0.5) is 4.79 Å². The van der Waals surface area contributed by atoms with Crippen LogP contribution in [-0.2, 0) is 14.3 Å². The van der Waals surface area contributed by atoms with Gasteiger partial charge in [-0.1, -0.05) is 0 Å². The van der Waals surface area contributed by atoms with Gasteiger partial charge < -0.3 is 15.2 Å². The number of ether oxygens (including phenoxy) is 2. The van der Waals surface area contributed by atoms with Gasteiger partial charge in [0.2, 0.25) is 0 Å². The first-order valence-corrected chi connectivity index (χ1v) is 5.57. The van der Waals surface area contributed by atoms with Gasteiger partial charge in [0, 0.05) is 12.6 Å². The minimum absolute atomic E-state index is 0.216. The molecule has 0 radical (unpaired) electrons. The van der Waals surface area contributed by atoms with Crippen molar-refractivity contribution in [2.45, 2.75) is 44.9 Å². The van der Waals surface area contributed by atoms with Crippen molar-refractivity contribution in [3.63, 3.8) is 0 Å². The van der Waals surface area contributed by atoms with Crippen LogP contribution < -0.4 is 5.73 Å². The molecule has 17 heavy (non-hydrogen) atoms. The zero-order valence-electron chi connectivity index (χ0n) is 10.7. The molecule has 6 nitrogen and oxygen atoms in total. The van der Waals surface area contributed by atoms with Crippen LogP contribution in [0.25, 0.3) is 0 Å². The summed E-state index contributed by atoms with van der Waals surface area (Å²) in [6.45, 7) is 5.63. The highest BCUT2D eigenvalue weighted by Gasteiger charge is 2.40. The maximum Gasteiger partial charge on any atom is 0.411 e. The van der Waals surface area contributed by atoms with Gasteiger partial charge in [-0.15, -0.1) is 0 Å². The number of nitrogens with two attached hydrogens (primary N) is 1.